The van der Waals surface area contributed by atoms with E-state index in [9.17, 15) is 13.2 Å². The van der Waals surface area contributed by atoms with Gasteiger partial charge in [0.05, 0.1) is 17.7 Å². The van der Waals surface area contributed by atoms with Crippen LogP contribution in [0.4, 0.5) is 0 Å². The van der Waals surface area contributed by atoms with E-state index in [-0.39, 0.29) is 17.0 Å². The van der Waals surface area contributed by atoms with Crippen LogP contribution in [0.5, 0.6) is 0 Å². The van der Waals surface area contributed by atoms with Gasteiger partial charge in [0.1, 0.15) is 5.76 Å². The summed E-state index contributed by atoms with van der Waals surface area (Å²) < 4.78 is 31.2. The van der Waals surface area contributed by atoms with Crippen LogP contribution in [0, 0.1) is 0 Å². The number of nitrogens with one attached hydrogen (secondary N) is 1. The van der Waals surface area contributed by atoms with Crippen molar-refractivity contribution in [2.24, 2.45) is 0 Å². The molecule has 0 aromatic carbocycles. The van der Waals surface area contributed by atoms with Crippen molar-refractivity contribution in [1.29, 1.82) is 0 Å². The molecule has 2 rings (SSSR count). The predicted octanol–water partition coefficient (Wildman–Crippen LogP) is 1.18. The molecule has 0 saturated carbocycles. The smallest absolute Gasteiger partial charge is 0.247 e. The van der Waals surface area contributed by atoms with Crippen LogP contribution >= 0.6 is 0 Å². The molecule has 0 atom stereocenters. The van der Waals surface area contributed by atoms with Gasteiger partial charge in [-0.1, -0.05) is 6.92 Å². The van der Waals surface area contributed by atoms with E-state index in [1.54, 1.807) is 19.1 Å². The highest BCUT2D eigenvalue weighted by Gasteiger charge is 2.24. The van der Waals surface area contributed by atoms with Gasteiger partial charge in [0.25, 0.3) is 0 Å². The SMILES string of the molecule is CCN(Cc1ccco1)S(=O)(=O)c1ccc(=O)[nH]c1. The van der Waals surface area contributed by atoms with Crippen LogP contribution in [0.15, 0.2) is 50.8 Å². The van der Waals surface area contributed by atoms with Crippen molar-refractivity contribution in [2.75, 3.05) is 6.54 Å². The van der Waals surface area contributed by atoms with Crippen LogP contribution in [-0.2, 0) is 16.6 Å². The highest BCUT2D eigenvalue weighted by molar-refractivity contribution is 7.89. The minimum absolute atomic E-state index is 0.0560. The molecule has 0 bridgehead atoms. The van der Waals surface area contributed by atoms with Gasteiger partial charge in [-0.2, -0.15) is 4.31 Å². The molecule has 19 heavy (non-hydrogen) atoms. The average Bonchev–Trinajstić information content (AvgIpc) is 2.89. The Hall–Kier alpha value is -1.86. The van der Waals surface area contributed by atoms with Crippen molar-refractivity contribution in [1.82, 2.24) is 9.29 Å². The van der Waals surface area contributed by atoms with Crippen molar-refractivity contribution in [3.63, 3.8) is 0 Å². The molecule has 0 saturated heterocycles. The van der Waals surface area contributed by atoms with E-state index in [1.807, 2.05) is 0 Å². The van der Waals surface area contributed by atoms with Crippen LogP contribution in [0.1, 0.15) is 12.7 Å². The van der Waals surface area contributed by atoms with E-state index in [2.05, 4.69) is 4.98 Å². The lowest BCUT2D eigenvalue weighted by Gasteiger charge is -2.19. The van der Waals surface area contributed by atoms with Crippen LogP contribution < -0.4 is 5.56 Å². The molecule has 0 spiro atoms. The normalized spacial score (nSPS) is 11.9. The molecule has 0 aliphatic carbocycles. The summed E-state index contributed by atoms with van der Waals surface area (Å²) in [6.07, 6.45) is 2.69. The summed E-state index contributed by atoms with van der Waals surface area (Å²) in [5, 5.41) is 0. The molecule has 0 amide bonds. The molecule has 0 radical (unpaired) electrons. The number of furan rings is 1. The fourth-order valence-electron chi connectivity index (χ4n) is 1.65. The number of aromatic amines is 1. The van der Waals surface area contributed by atoms with Gasteiger partial charge in [-0.25, -0.2) is 8.42 Å². The lowest BCUT2D eigenvalue weighted by molar-refractivity contribution is 0.375. The lowest BCUT2D eigenvalue weighted by atomic mass is 10.4. The first-order valence-electron chi connectivity index (χ1n) is 5.75. The van der Waals surface area contributed by atoms with Gasteiger partial charge in [0.15, 0.2) is 0 Å². The van der Waals surface area contributed by atoms with Crippen molar-refractivity contribution in [3.05, 3.63) is 52.8 Å². The number of hydrogen-bond donors (Lipinski definition) is 1. The van der Waals surface area contributed by atoms with Crippen molar-refractivity contribution < 1.29 is 12.8 Å². The molecular formula is C12H14N2O4S. The van der Waals surface area contributed by atoms with Crippen molar-refractivity contribution >= 4 is 10.0 Å². The van der Waals surface area contributed by atoms with Gasteiger partial charge in [0.2, 0.25) is 15.6 Å². The number of hydrogen-bond acceptors (Lipinski definition) is 4. The molecule has 1 N–H and O–H groups in total. The molecule has 0 aliphatic rings. The van der Waals surface area contributed by atoms with Crippen LogP contribution in [-0.4, -0.2) is 24.3 Å². The number of rotatable bonds is 5. The number of aromatic nitrogens is 1. The predicted molar refractivity (Wildman–Crippen MR) is 69.0 cm³/mol. The maximum Gasteiger partial charge on any atom is 0.247 e. The topological polar surface area (TPSA) is 83.4 Å². The maximum atomic E-state index is 12.4. The van der Waals surface area contributed by atoms with Gasteiger partial charge >= 0.3 is 0 Å². The quantitative estimate of drug-likeness (QED) is 0.892. The fourth-order valence-corrected chi connectivity index (χ4v) is 3.03. The molecule has 0 fully saturated rings. The maximum absolute atomic E-state index is 12.4. The molecule has 2 aromatic rings. The Morgan fingerprint density at radius 1 is 1.32 bits per heavy atom. The molecule has 7 heteroatoms. The Kier molecular flexibility index (Phi) is 3.87. The number of H-pyrrole nitrogens is 1. The summed E-state index contributed by atoms with van der Waals surface area (Å²) in [7, 11) is -3.64. The zero-order valence-electron chi connectivity index (χ0n) is 10.4. The highest BCUT2D eigenvalue weighted by atomic mass is 32.2. The Morgan fingerprint density at radius 3 is 2.63 bits per heavy atom. The summed E-state index contributed by atoms with van der Waals surface area (Å²) in [4.78, 5) is 13.4. The second-order valence-electron chi connectivity index (χ2n) is 3.90. The average molecular weight is 282 g/mol. The molecule has 0 unspecified atom stereocenters. The standard InChI is InChI=1S/C12H14N2O4S/c1-2-14(9-10-4-3-7-18-10)19(16,17)11-5-6-12(15)13-8-11/h3-8H,2,9H2,1H3,(H,13,15). The number of pyridine rings is 1. The van der Waals surface area contributed by atoms with Gasteiger partial charge < -0.3 is 9.40 Å². The van der Waals surface area contributed by atoms with E-state index < -0.39 is 10.0 Å². The van der Waals surface area contributed by atoms with Crippen LogP contribution in [0.3, 0.4) is 0 Å². The monoisotopic (exact) mass is 282 g/mol. The first kappa shape index (κ1) is 13.6. The lowest BCUT2D eigenvalue weighted by Crippen LogP contribution is -2.30. The molecule has 0 aliphatic heterocycles. The van der Waals surface area contributed by atoms with Gasteiger partial charge in [-0.15, -0.1) is 0 Å². The largest absolute Gasteiger partial charge is 0.468 e. The third-order valence-corrected chi connectivity index (χ3v) is 4.58. The second-order valence-corrected chi connectivity index (χ2v) is 5.84. The minimum atomic E-state index is -3.64. The molecule has 2 aromatic heterocycles. The van der Waals surface area contributed by atoms with Crippen LogP contribution in [0.25, 0.3) is 0 Å². The Bertz CT molecular complexity index is 668. The summed E-state index contributed by atoms with van der Waals surface area (Å²) >= 11 is 0. The van der Waals surface area contributed by atoms with E-state index in [4.69, 9.17) is 4.42 Å². The van der Waals surface area contributed by atoms with E-state index in [1.165, 1.54) is 28.9 Å². The Balaban J connectivity index is 2.30. The summed E-state index contributed by atoms with van der Waals surface area (Å²) in [6.45, 7) is 2.21. The third-order valence-electron chi connectivity index (χ3n) is 2.66. The van der Waals surface area contributed by atoms with Crippen LogP contribution in [0.2, 0.25) is 0 Å². The van der Waals surface area contributed by atoms with E-state index >= 15 is 0 Å². The van der Waals surface area contributed by atoms with Gasteiger partial charge in [0, 0.05) is 18.8 Å². The number of nitrogens with zero attached hydrogens (tertiary/aromatic N) is 1. The first-order valence-corrected chi connectivity index (χ1v) is 7.19. The van der Waals surface area contributed by atoms with Gasteiger partial charge in [-0.05, 0) is 18.2 Å². The van der Waals surface area contributed by atoms with Gasteiger partial charge in [-0.3, -0.25) is 4.79 Å². The van der Waals surface area contributed by atoms with Crippen molar-refractivity contribution in [3.8, 4) is 0 Å². The Labute approximate surface area is 110 Å². The highest BCUT2D eigenvalue weighted by Crippen LogP contribution is 2.16. The molecular weight excluding hydrogens is 268 g/mol. The summed E-state index contributed by atoms with van der Waals surface area (Å²) in [5.74, 6) is 0.565. The van der Waals surface area contributed by atoms with Crippen molar-refractivity contribution in [2.45, 2.75) is 18.4 Å². The summed E-state index contributed by atoms with van der Waals surface area (Å²) in [6, 6.07) is 5.90. The minimum Gasteiger partial charge on any atom is -0.468 e. The second kappa shape index (κ2) is 5.41. The number of sulfonamides is 1. The van der Waals surface area contributed by atoms with E-state index in [0.717, 1.165) is 0 Å². The zero-order valence-corrected chi connectivity index (χ0v) is 11.2. The fraction of sp³-hybridized carbons (Fsp3) is 0.250. The van der Waals surface area contributed by atoms with E-state index in [0.29, 0.717) is 12.3 Å². The summed E-state index contributed by atoms with van der Waals surface area (Å²) in [5.41, 5.74) is -0.340. The zero-order chi connectivity index (χ0) is 13.9. The molecule has 6 nitrogen and oxygen atoms in total. The Morgan fingerprint density at radius 2 is 2.11 bits per heavy atom. The third kappa shape index (κ3) is 2.94. The molecule has 2 heterocycles. The first-order chi connectivity index (χ1) is 9.04. The molecule has 102 valence electrons.